The molecule has 0 amide bonds. The molecule has 0 spiro atoms. The fourth-order valence-electron chi connectivity index (χ4n) is 1.98. The van der Waals surface area contributed by atoms with Gasteiger partial charge in [-0.05, 0) is 42.2 Å². The largest absolute Gasteiger partial charge is 0.327 e. The molecule has 0 bridgehead atoms. The lowest BCUT2D eigenvalue weighted by Gasteiger charge is -2.13. The maximum absolute atomic E-state index is 6.16. The molecule has 0 aliphatic rings. The normalized spacial score (nSPS) is 12.4. The molecule has 19 heavy (non-hydrogen) atoms. The molecule has 2 aromatic rings. The Morgan fingerprint density at radius 1 is 0.895 bits per heavy atom. The summed E-state index contributed by atoms with van der Waals surface area (Å²) in [6, 6.07) is 13.3. The predicted molar refractivity (Wildman–Crippen MR) is 83.3 cm³/mol. The van der Waals surface area contributed by atoms with Crippen molar-refractivity contribution in [3.8, 4) is 0 Å². The SMILES string of the molecule is NC(Cc1ccc(Cl)cc1)Cc1cccc(Cl)c1Cl. The minimum absolute atomic E-state index is 0.00265. The van der Waals surface area contributed by atoms with Crippen LogP contribution in [0.3, 0.4) is 0 Å². The molecule has 2 aromatic carbocycles. The van der Waals surface area contributed by atoms with Gasteiger partial charge in [-0.15, -0.1) is 0 Å². The predicted octanol–water partition coefficient (Wildman–Crippen LogP) is 4.76. The van der Waals surface area contributed by atoms with Gasteiger partial charge in [0.1, 0.15) is 0 Å². The van der Waals surface area contributed by atoms with Crippen molar-refractivity contribution in [2.45, 2.75) is 18.9 Å². The Hall–Kier alpha value is -0.730. The number of halogens is 3. The second-order valence-electron chi connectivity index (χ2n) is 4.51. The van der Waals surface area contributed by atoms with Crippen LogP contribution in [0.4, 0.5) is 0 Å². The Kier molecular flexibility index (Phi) is 5.12. The Morgan fingerprint density at radius 2 is 1.58 bits per heavy atom. The zero-order valence-corrected chi connectivity index (χ0v) is 12.5. The van der Waals surface area contributed by atoms with E-state index in [1.54, 1.807) is 6.07 Å². The summed E-state index contributed by atoms with van der Waals surface area (Å²) in [6.45, 7) is 0. The van der Waals surface area contributed by atoms with E-state index in [0.717, 1.165) is 22.6 Å². The minimum atomic E-state index is -0.00265. The van der Waals surface area contributed by atoms with E-state index in [1.807, 2.05) is 36.4 Å². The first-order valence-corrected chi connectivity index (χ1v) is 7.12. The van der Waals surface area contributed by atoms with Crippen molar-refractivity contribution in [3.63, 3.8) is 0 Å². The molecule has 0 saturated heterocycles. The molecule has 0 aromatic heterocycles. The summed E-state index contributed by atoms with van der Waals surface area (Å²) >= 11 is 18.0. The lowest BCUT2D eigenvalue weighted by Crippen LogP contribution is -2.25. The molecule has 1 unspecified atom stereocenters. The Morgan fingerprint density at radius 3 is 2.26 bits per heavy atom. The van der Waals surface area contributed by atoms with E-state index in [2.05, 4.69) is 0 Å². The lowest BCUT2D eigenvalue weighted by atomic mass is 10.00. The maximum Gasteiger partial charge on any atom is 0.0624 e. The van der Waals surface area contributed by atoms with Crippen LogP contribution in [0, 0.1) is 0 Å². The van der Waals surface area contributed by atoms with Crippen molar-refractivity contribution in [1.29, 1.82) is 0 Å². The molecule has 0 radical (unpaired) electrons. The van der Waals surface area contributed by atoms with Crippen LogP contribution in [-0.4, -0.2) is 6.04 Å². The zero-order chi connectivity index (χ0) is 13.8. The topological polar surface area (TPSA) is 26.0 Å². The van der Waals surface area contributed by atoms with Crippen LogP contribution in [0.15, 0.2) is 42.5 Å². The van der Waals surface area contributed by atoms with E-state index in [1.165, 1.54) is 0 Å². The van der Waals surface area contributed by atoms with Crippen molar-refractivity contribution in [2.75, 3.05) is 0 Å². The minimum Gasteiger partial charge on any atom is -0.327 e. The van der Waals surface area contributed by atoms with Gasteiger partial charge >= 0.3 is 0 Å². The first kappa shape index (κ1) is 14.7. The second-order valence-corrected chi connectivity index (χ2v) is 5.73. The van der Waals surface area contributed by atoms with Gasteiger partial charge < -0.3 is 5.73 Å². The van der Waals surface area contributed by atoms with E-state index < -0.39 is 0 Å². The number of hydrogen-bond donors (Lipinski definition) is 1. The second kappa shape index (κ2) is 6.62. The van der Waals surface area contributed by atoms with E-state index in [0.29, 0.717) is 16.5 Å². The van der Waals surface area contributed by atoms with Gasteiger partial charge in [-0.1, -0.05) is 59.1 Å². The van der Waals surface area contributed by atoms with Crippen LogP contribution in [-0.2, 0) is 12.8 Å². The van der Waals surface area contributed by atoms with Crippen LogP contribution in [0.25, 0.3) is 0 Å². The average Bonchev–Trinajstić information content (AvgIpc) is 2.38. The highest BCUT2D eigenvalue weighted by molar-refractivity contribution is 6.42. The van der Waals surface area contributed by atoms with E-state index in [-0.39, 0.29) is 6.04 Å². The van der Waals surface area contributed by atoms with Gasteiger partial charge in [-0.25, -0.2) is 0 Å². The number of nitrogens with two attached hydrogens (primary N) is 1. The molecule has 2 rings (SSSR count). The number of benzene rings is 2. The van der Waals surface area contributed by atoms with Crippen molar-refractivity contribution < 1.29 is 0 Å². The van der Waals surface area contributed by atoms with Gasteiger partial charge in [-0.2, -0.15) is 0 Å². The van der Waals surface area contributed by atoms with Gasteiger partial charge in [0, 0.05) is 11.1 Å². The Balaban J connectivity index is 2.03. The van der Waals surface area contributed by atoms with Crippen molar-refractivity contribution in [3.05, 3.63) is 68.7 Å². The lowest BCUT2D eigenvalue weighted by molar-refractivity contribution is 0.665. The average molecular weight is 315 g/mol. The van der Waals surface area contributed by atoms with Gasteiger partial charge in [0.05, 0.1) is 10.0 Å². The molecule has 0 aliphatic heterocycles. The number of rotatable bonds is 4. The monoisotopic (exact) mass is 313 g/mol. The highest BCUT2D eigenvalue weighted by Gasteiger charge is 2.10. The highest BCUT2D eigenvalue weighted by atomic mass is 35.5. The molecule has 1 atom stereocenters. The first-order valence-electron chi connectivity index (χ1n) is 5.99. The molecule has 2 N–H and O–H groups in total. The van der Waals surface area contributed by atoms with Crippen molar-refractivity contribution >= 4 is 34.8 Å². The quantitative estimate of drug-likeness (QED) is 0.865. The summed E-state index contributed by atoms with van der Waals surface area (Å²) in [5, 5.41) is 1.89. The van der Waals surface area contributed by atoms with E-state index in [9.17, 15) is 0 Å². The summed E-state index contributed by atoms with van der Waals surface area (Å²) < 4.78 is 0. The standard InChI is InChI=1S/C15H14Cl3N/c16-12-6-4-10(5-7-12)8-13(19)9-11-2-1-3-14(17)15(11)18/h1-7,13H,8-9,19H2. The molecule has 1 nitrogen and oxygen atoms in total. The van der Waals surface area contributed by atoms with Gasteiger partial charge in [0.15, 0.2) is 0 Å². The maximum atomic E-state index is 6.16. The van der Waals surface area contributed by atoms with Gasteiger partial charge in [0.2, 0.25) is 0 Å². The zero-order valence-electron chi connectivity index (χ0n) is 10.2. The molecule has 0 fully saturated rings. The molecule has 4 heteroatoms. The van der Waals surface area contributed by atoms with E-state index >= 15 is 0 Å². The van der Waals surface area contributed by atoms with Crippen LogP contribution >= 0.6 is 34.8 Å². The van der Waals surface area contributed by atoms with Crippen LogP contribution < -0.4 is 5.73 Å². The van der Waals surface area contributed by atoms with Gasteiger partial charge in [0.25, 0.3) is 0 Å². The van der Waals surface area contributed by atoms with Crippen LogP contribution in [0.1, 0.15) is 11.1 Å². The summed E-state index contributed by atoms with van der Waals surface area (Å²) in [5.74, 6) is 0. The van der Waals surface area contributed by atoms with E-state index in [4.69, 9.17) is 40.5 Å². The molecular formula is C15H14Cl3N. The third kappa shape index (κ3) is 4.12. The molecule has 0 saturated carbocycles. The third-order valence-corrected chi connectivity index (χ3v) is 4.03. The van der Waals surface area contributed by atoms with Crippen molar-refractivity contribution in [1.82, 2.24) is 0 Å². The summed E-state index contributed by atoms with van der Waals surface area (Å²) in [7, 11) is 0. The fraction of sp³-hybridized carbons (Fsp3) is 0.200. The summed E-state index contributed by atoms with van der Waals surface area (Å²) in [5.41, 5.74) is 8.30. The van der Waals surface area contributed by atoms with Crippen LogP contribution in [0.2, 0.25) is 15.1 Å². The number of hydrogen-bond acceptors (Lipinski definition) is 1. The Labute approximate surface area is 128 Å². The first-order chi connectivity index (χ1) is 9.06. The Bertz CT molecular complexity index is 552. The highest BCUT2D eigenvalue weighted by Crippen LogP contribution is 2.26. The summed E-state index contributed by atoms with van der Waals surface area (Å²) in [4.78, 5) is 0. The smallest absolute Gasteiger partial charge is 0.0624 e. The van der Waals surface area contributed by atoms with Gasteiger partial charge in [-0.3, -0.25) is 0 Å². The third-order valence-electron chi connectivity index (χ3n) is 2.92. The molecule has 0 heterocycles. The van der Waals surface area contributed by atoms with Crippen molar-refractivity contribution in [2.24, 2.45) is 5.73 Å². The summed E-state index contributed by atoms with van der Waals surface area (Å²) in [6.07, 6.45) is 1.47. The molecule has 0 aliphatic carbocycles. The molecule has 100 valence electrons. The fourth-order valence-corrected chi connectivity index (χ4v) is 2.51. The molecular weight excluding hydrogens is 301 g/mol. The van der Waals surface area contributed by atoms with Crippen LogP contribution in [0.5, 0.6) is 0 Å².